The lowest BCUT2D eigenvalue weighted by Gasteiger charge is -2.29. The zero-order valence-electron chi connectivity index (χ0n) is 17.2. The fraction of sp³-hybridized carbons (Fsp3) is 0.200. The number of ether oxygens (including phenoxy) is 1. The number of anilines is 1. The van der Waals surface area contributed by atoms with Gasteiger partial charge in [0, 0.05) is 24.2 Å². The molecule has 1 heterocycles. The number of nitrogens with two attached hydrogens (primary N) is 1. The van der Waals surface area contributed by atoms with Gasteiger partial charge in [0.2, 0.25) is 5.91 Å². The van der Waals surface area contributed by atoms with Crippen LogP contribution in [0.2, 0.25) is 0 Å². The van der Waals surface area contributed by atoms with Crippen LogP contribution in [0, 0.1) is 24.1 Å². The lowest BCUT2D eigenvalue weighted by molar-refractivity contribution is 0.100. The highest BCUT2D eigenvalue weighted by molar-refractivity contribution is 6.04. The molecular formula is C25H22FN3O2. The second-order valence-corrected chi connectivity index (χ2v) is 7.50. The average Bonchev–Trinajstić information content (AvgIpc) is 2.79. The van der Waals surface area contributed by atoms with Crippen LogP contribution in [0.25, 0.3) is 22.3 Å². The molecule has 0 unspecified atom stereocenters. The molecule has 1 fully saturated rings. The Morgan fingerprint density at radius 2 is 1.71 bits per heavy atom. The summed E-state index contributed by atoms with van der Waals surface area (Å²) < 4.78 is 20.5. The van der Waals surface area contributed by atoms with Crippen molar-refractivity contribution in [2.24, 2.45) is 5.73 Å². The monoisotopic (exact) mass is 415 g/mol. The SMILES string of the molecule is Cc1ccc(C(N)=O)c(-c2ccc(N3CCOCC3)c(F)c2)c1-c1ccc(C#N)cc1. The third-order valence-electron chi connectivity index (χ3n) is 5.57. The van der Waals surface area contributed by atoms with Crippen molar-refractivity contribution >= 4 is 11.6 Å². The number of benzene rings is 3. The van der Waals surface area contributed by atoms with Gasteiger partial charge in [0.1, 0.15) is 5.82 Å². The van der Waals surface area contributed by atoms with Crippen LogP contribution in [0.4, 0.5) is 10.1 Å². The summed E-state index contributed by atoms with van der Waals surface area (Å²) in [5.41, 5.74) is 10.8. The largest absolute Gasteiger partial charge is 0.378 e. The number of nitrogens with zero attached hydrogens (tertiary/aromatic N) is 2. The number of aryl methyl sites for hydroxylation is 1. The minimum Gasteiger partial charge on any atom is -0.378 e. The van der Waals surface area contributed by atoms with Gasteiger partial charge in [-0.15, -0.1) is 0 Å². The second-order valence-electron chi connectivity index (χ2n) is 7.50. The van der Waals surface area contributed by atoms with E-state index in [0.29, 0.717) is 54.2 Å². The number of carbonyl (C=O) groups is 1. The van der Waals surface area contributed by atoms with E-state index in [0.717, 1.165) is 16.7 Å². The van der Waals surface area contributed by atoms with Gasteiger partial charge in [-0.1, -0.05) is 24.3 Å². The topological polar surface area (TPSA) is 79.3 Å². The molecule has 4 rings (SSSR count). The molecule has 0 saturated carbocycles. The Labute approximate surface area is 180 Å². The number of primary amides is 1. The number of nitriles is 1. The van der Waals surface area contributed by atoms with E-state index in [4.69, 9.17) is 15.7 Å². The van der Waals surface area contributed by atoms with Crippen molar-refractivity contribution in [1.82, 2.24) is 0 Å². The molecule has 1 aliphatic rings. The highest BCUT2D eigenvalue weighted by Crippen LogP contribution is 2.39. The molecule has 6 heteroatoms. The molecule has 1 aliphatic heterocycles. The van der Waals surface area contributed by atoms with Crippen LogP contribution >= 0.6 is 0 Å². The molecular weight excluding hydrogens is 393 g/mol. The number of morpholine rings is 1. The lowest BCUT2D eigenvalue weighted by Crippen LogP contribution is -2.36. The van der Waals surface area contributed by atoms with Crippen LogP contribution in [0.1, 0.15) is 21.5 Å². The van der Waals surface area contributed by atoms with Crippen molar-refractivity contribution in [3.05, 3.63) is 77.1 Å². The van der Waals surface area contributed by atoms with Crippen molar-refractivity contribution in [2.45, 2.75) is 6.92 Å². The van der Waals surface area contributed by atoms with Crippen LogP contribution in [0.5, 0.6) is 0 Å². The molecule has 0 spiro atoms. The standard InChI is InChI=1S/C25H22FN3O2/c1-16-2-8-20(25(28)30)24(23(16)18-5-3-17(15-27)4-6-18)19-7-9-22(21(26)14-19)29-10-12-31-13-11-29/h2-9,14H,10-13H2,1H3,(H2,28,30). The molecule has 1 saturated heterocycles. The predicted molar refractivity (Wildman–Crippen MR) is 118 cm³/mol. The van der Waals surface area contributed by atoms with Gasteiger partial charge in [-0.05, 0) is 59.5 Å². The number of rotatable bonds is 4. The fourth-order valence-corrected chi connectivity index (χ4v) is 4.02. The number of amides is 1. The molecule has 31 heavy (non-hydrogen) atoms. The third kappa shape index (κ3) is 4.00. The molecule has 0 radical (unpaired) electrons. The van der Waals surface area contributed by atoms with Gasteiger partial charge in [-0.3, -0.25) is 4.79 Å². The molecule has 0 bridgehead atoms. The summed E-state index contributed by atoms with van der Waals surface area (Å²) in [5.74, 6) is -0.940. The number of hydrogen-bond acceptors (Lipinski definition) is 4. The van der Waals surface area contributed by atoms with E-state index in [9.17, 15) is 4.79 Å². The summed E-state index contributed by atoms with van der Waals surface area (Å²) in [4.78, 5) is 14.2. The highest BCUT2D eigenvalue weighted by Gasteiger charge is 2.21. The van der Waals surface area contributed by atoms with Crippen molar-refractivity contribution in [3.8, 4) is 28.3 Å². The fourth-order valence-electron chi connectivity index (χ4n) is 4.02. The van der Waals surface area contributed by atoms with Crippen LogP contribution in [0.15, 0.2) is 54.6 Å². The molecule has 0 aromatic heterocycles. The molecule has 1 amide bonds. The predicted octanol–water partition coefficient (Wildman–Crippen LogP) is 4.28. The number of hydrogen-bond donors (Lipinski definition) is 1. The molecule has 5 nitrogen and oxygen atoms in total. The van der Waals surface area contributed by atoms with Gasteiger partial charge in [0.05, 0.1) is 30.5 Å². The summed E-state index contributed by atoms with van der Waals surface area (Å²) in [6.07, 6.45) is 0. The van der Waals surface area contributed by atoms with Crippen LogP contribution in [0.3, 0.4) is 0 Å². The first-order valence-corrected chi connectivity index (χ1v) is 10.1. The van der Waals surface area contributed by atoms with E-state index in [2.05, 4.69) is 6.07 Å². The summed E-state index contributed by atoms with van der Waals surface area (Å²) in [6, 6.07) is 17.7. The lowest BCUT2D eigenvalue weighted by atomic mass is 9.86. The van der Waals surface area contributed by atoms with Gasteiger partial charge in [-0.25, -0.2) is 4.39 Å². The Morgan fingerprint density at radius 3 is 2.32 bits per heavy atom. The Hall–Kier alpha value is -3.69. The molecule has 0 atom stereocenters. The summed E-state index contributed by atoms with van der Waals surface area (Å²) in [6.45, 7) is 4.31. The molecule has 0 aliphatic carbocycles. The van der Waals surface area contributed by atoms with Crippen LogP contribution in [-0.2, 0) is 4.74 Å². The van der Waals surface area contributed by atoms with Gasteiger partial charge in [0.15, 0.2) is 0 Å². The van der Waals surface area contributed by atoms with Crippen molar-refractivity contribution < 1.29 is 13.9 Å². The summed E-state index contributed by atoms with van der Waals surface area (Å²) in [7, 11) is 0. The Bertz CT molecular complexity index is 1180. The normalized spacial score (nSPS) is 13.6. The highest BCUT2D eigenvalue weighted by atomic mass is 19.1. The van der Waals surface area contributed by atoms with Crippen LogP contribution < -0.4 is 10.6 Å². The zero-order chi connectivity index (χ0) is 22.0. The second kappa shape index (κ2) is 8.58. The van der Waals surface area contributed by atoms with Gasteiger partial charge in [0.25, 0.3) is 0 Å². The van der Waals surface area contributed by atoms with E-state index in [1.807, 2.05) is 36.1 Å². The smallest absolute Gasteiger partial charge is 0.249 e. The Balaban J connectivity index is 1.88. The van der Waals surface area contributed by atoms with Gasteiger partial charge in [-0.2, -0.15) is 5.26 Å². The maximum Gasteiger partial charge on any atom is 0.249 e. The Kier molecular flexibility index (Phi) is 5.70. The van der Waals surface area contributed by atoms with Crippen molar-refractivity contribution in [1.29, 1.82) is 5.26 Å². The van der Waals surface area contributed by atoms with Crippen molar-refractivity contribution in [3.63, 3.8) is 0 Å². The molecule has 2 N–H and O–H groups in total. The quantitative estimate of drug-likeness (QED) is 0.690. The maximum atomic E-state index is 15.2. The Morgan fingerprint density at radius 1 is 1.03 bits per heavy atom. The van der Waals surface area contributed by atoms with E-state index in [1.165, 1.54) is 6.07 Å². The molecule has 156 valence electrons. The van der Waals surface area contributed by atoms with E-state index in [1.54, 1.807) is 24.3 Å². The average molecular weight is 415 g/mol. The number of halogens is 1. The maximum absolute atomic E-state index is 15.2. The molecule has 3 aromatic rings. The van der Waals surface area contributed by atoms with Crippen molar-refractivity contribution in [2.75, 3.05) is 31.2 Å². The first-order valence-electron chi connectivity index (χ1n) is 10.1. The summed E-state index contributed by atoms with van der Waals surface area (Å²) in [5, 5.41) is 9.10. The summed E-state index contributed by atoms with van der Waals surface area (Å²) >= 11 is 0. The van der Waals surface area contributed by atoms with E-state index in [-0.39, 0.29) is 5.82 Å². The van der Waals surface area contributed by atoms with Crippen LogP contribution in [-0.4, -0.2) is 32.2 Å². The third-order valence-corrected chi connectivity index (χ3v) is 5.57. The minimum absolute atomic E-state index is 0.323. The van der Waals surface area contributed by atoms with Gasteiger partial charge >= 0.3 is 0 Å². The van der Waals surface area contributed by atoms with E-state index >= 15 is 4.39 Å². The number of carbonyl (C=O) groups excluding carboxylic acids is 1. The van der Waals surface area contributed by atoms with Gasteiger partial charge < -0.3 is 15.4 Å². The van der Waals surface area contributed by atoms with E-state index < -0.39 is 5.91 Å². The minimum atomic E-state index is -0.581. The first-order chi connectivity index (χ1) is 15.0. The molecule has 3 aromatic carbocycles. The first kappa shape index (κ1) is 20.6. The zero-order valence-corrected chi connectivity index (χ0v) is 17.2.